The SMILES string of the molecule is Cc1cc(CC2CCCN2)on1. The van der Waals surface area contributed by atoms with Crippen molar-refractivity contribution in [3.63, 3.8) is 0 Å². The van der Waals surface area contributed by atoms with Crippen LogP contribution in [0.4, 0.5) is 0 Å². The van der Waals surface area contributed by atoms with Gasteiger partial charge in [-0.1, -0.05) is 5.16 Å². The molecular weight excluding hydrogens is 152 g/mol. The highest BCUT2D eigenvalue weighted by Crippen LogP contribution is 2.12. The van der Waals surface area contributed by atoms with Crippen molar-refractivity contribution in [2.45, 2.75) is 32.2 Å². The molecule has 0 amide bonds. The van der Waals surface area contributed by atoms with Crippen LogP contribution in [0.5, 0.6) is 0 Å². The fraction of sp³-hybridized carbons (Fsp3) is 0.667. The molecule has 12 heavy (non-hydrogen) atoms. The van der Waals surface area contributed by atoms with Gasteiger partial charge in [0.05, 0.1) is 5.69 Å². The maximum atomic E-state index is 5.14. The van der Waals surface area contributed by atoms with E-state index in [-0.39, 0.29) is 0 Å². The molecule has 1 saturated heterocycles. The maximum Gasteiger partial charge on any atom is 0.138 e. The summed E-state index contributed by atoms with van der Waals surface area (Å²) in [6, 6.07) is 2.62. The van der Waals surface area contributed by atoms with Crippen LogP contribution in [0.1, 0.15) is 24.3 Å². The number of nitrogens with zero attached hydrogens (tertiary/aromatic N) is 1. The predicted octanol–water partition coefficient (Wildman–Crippen LogP) is 1.28. The van der Waals surface area contributed by atoms with E-state index in [1.54, 1.807) is 0 Å². The molecule has 66 valence electrons. The highest BCUT2D eigenvalue weighted by Gasteiger charge is 2.16. The minimum absolute atomic E-state index is 0.609. The lowest BCUT2D eigenvalue weighted by molar-refractivity contribution is 0.366. The van der Waals surface area contributed by atoms with E-state index in [2.05, 4.69) is 10.5 Å². The largest absolute Gasteiger partial charge is 0.361 e. The maximum absolute atomic E-state index is 5.14. The Kier molecular flexibility index (Phi) is 2.13. The van der Waals surface area contributed by atoms with Gasteiger partial charge in [-0.05, 0) is 26.3 Å². The monoisotopic (exact) mass is 166 g/mol. The number of rotatable bonds is 2. The van der Waals surface area contributed by atoms with E-state index >= 15 is 0 Å². The first-order chi connectivity index (χ1) is 5.84. The van der Waals surface area contributed by atoms with E-state index in [0.29, 0.717) is 6.04 Å². The van der Waals surface area contributed by atoms with Crippen LogP contribution >= 0.6 is 0 Å². The van der Waals surface area contributed by atoms with E-state index in [4.69, 9.17) is 4.52 Å². The molecule has 1 aliphatic rings. The van der Waals surface area contributed by atoms with E-state index in [9.17, 15) is 0 Å². The summed E-state index contributed by atoms with van der Waals surface area (Å²) in [5.41, 5.74) is 0.975. The third-order valence-electron chi connectivity index (χ3n) is 2.29. The molecule has 1 atom stereocenters. The van der Waals surface area contributed by atoms with Gasteiger partial charge in [-0.15, -0.1) is 0 Å². The standard InChI is InChI=1S/C9H14N2O/c1-7-5-9(12-11-7)6-8-3-2-4-10-8/h5,8,10H,2-4,6H2,1H3. The normalized spacial score (nSPS) is 23.2. The first kappa shape index (κ1) is 7.80. The highest BCUT2D eigenvalue weighted by molar-refractivity contribution is 5.05. The first-order valence-electron chi connectivity index (χ1n) is 4.50. The van der Waals surface area contributed by atoms with Gasteiger partial charge in [-0.3, -0.25) is 0 Å². The average Bonchev–Trinajstić information content (AvgIpc) is 2.63. The van der Waals surface area contributed by atoms with Gasteiger partial charge in [-0.25, -0.2) is 0 Å². The molecule has 1 fully saturated rings. The van der Waals surface area contributed by atoms with Gasteiger partial charge in [0.15, 0.2) is 0 Å². The van der Waals surface area contributed by atoms with Crippen molar-refractivity contribution in [2.24, 2.45) is 0 Å². The zero-order valence-electron chi connectivity index (χ0n) is 7.34. The van der Waals surface area contributed by atoms with Crippen LogP contribution in [0, 0.1) is 6.92 Å². The Morgan fingerprint density at radius 3 is 3.25 bits per heavy atom. The molecule has 2 rings (SSSR count). The van der Waals surface area contributed by atoms with Gasteiger partial charge in [0.2, 0.25) is 0 Å². The molecule has 0 saturated carbocycles. The summed E-state index contributed by atoms with van der Waals surface area (Å²) >= 11 is 0. The smallest absolute Gasteiger partial charge is 0.138 e. The minimum Gasteiger partial charge on any atom is -0.361 e. The second kappa shape index (κ2) is 3.27. The molecule has 3 heteroatoms. The summed E-state index contributed by atoms with van der Waals surface area (Å²) in [6.07, 6.45) is 3.54. The minimum atomic E-state index is 0.609. The van der Waals surface area contributed by atoms with Crippen molar-refractivity contribution >= 4 is 0 Å². The lowest BCUT2D eigenvalue weighted by Crippen LogP contribution is -2.23. The summed E-state index contributed by atoms with van der Waals surface area (Å²) in [7, 11) is 0. The molecular formula is C9H14N2O. The summed E-state index contributed by atoms with van der Waals surface area (Å²) in [5, 5.41) is 7.28. The second-order valence-corrected chi connectivity index (χ2v) is 3.43. The van der Waals surface area contributed by atoms with Crippen molar-refractivity contribution in [1.29, 1.82) is 0 Å². The Morgan fingerprint density at radius 2 is 2.67 bits per heavy atom. The van der Waals surface area contributed by atoms with Crippen LogP contribution in [0.2, 0.25) is 0 Å². The number of hydrogen-bond acceptors (Lipinski definition) is 3. The van der Waals surface area contributed by atoms with Crippen molar-refractivity contribution in [3.8, 4) is 0 Å². The molecule has 2 heterocycles. The molecule has 1 N–H and O–H groups in total. The van der Waals surface area contributed by atoms with E-state index in [1.165, 1.54) is 12.8 Å². The molecule has 0 aliphatic carbocycles. The second-order valence-electron chi connectivity index (χ2n) is 3.43. The van der Waals surface area contributed by atoms with E-state index < -0.39 is 0 Å². The lowest BCUT2D eigenvalue weighted by Gasteiger charge is -2.05. The van der Waals surface area contributed by atoms with Crippen molar-refractivity contribution in [1.82, 2.24) is 10.5 Å². The lowest BCUT2D eigenvalue weighted by atomic mass is 10.1. The fourth-order valence-corrected chi connectivity index (χ4v) is 1.69. The molecule has 0 spiro atoms. The molecule has 0 bridgehead atoms. The van der Waals surface area contributed by atoms with Crippen molar-refractivity contribution < 1.29 is 4.52 Å². The van der Waals surface area contributed by atoms with Crippen LogP contribution in [0.3, 0.4) is 0 Å². The van der Waals surface area contributed by atoms with Crippen LogP contribution in [-0.4, -0.2) is 17.7 Å². The average molecular weight is 166 g/mol. The summed E-state index contributed by atoms with van der Waals surface area (Å²) < 4.78 is 5.14. The van der Waals surface area contributed by atoms with E-state index in [1.807, 2.05) is 13.0 Å². The van der Waals surface area contributed by atoms with Gasteiger partial charge >= 0.3 is 0 Å². The summed E-state index contributed by atoms with van der Waals surface area (Å²) in [5.74, 6) is 1.01. The Bertz CT molecular complexity index is 251. The topological polar surface area (TPSA) is 38.1 Å². The molecule has 1 aliphatic heterocycles. The molecule has 1 aromatic heterocycles. The molecule has 1 aromatic rings. The number of nitrogens with one attached hydrogen (secondary N) is 1. The van der Waals surface area contributed by atoms with Crippen LogP contribution in [0.15, 0.2) is 10.6 Å². The quantitative estimate of drug-likeness (QED) is 0.719. The summed E-state index contributed by atoms with van der Waals surface area (Å²) in [4.78, 5) is 0. The Labute approximate surface area is 72.1 Å². The van der Waals surface area contributed by atoms with Crippen molar-refractivity contribution in [3.05, 3.63) is 17.5 Å². The van der Waals surface area contributed by atoms with Gasteiger partial charge < -0.3 is 9.84 Å². The predicted molar refractivity (Wildman–Crippen MR) is 46.0 cm³/mol. The van der Waals surface area contributed by atoms with Gasteiger partial charge in [0.1, 0.15) is 5.76 Å². The molecule has 3 nitrogen and oxygen atoms in total. The number of aryl methyl sites for hydroxylation is 1. The Morgan fingerprint density at radius 1 is 1.75 bits per heavy atom. The van der Waals surface area contributed by atoms with Crippen LogP contribution in [-0.2, 0) is 6.42 Å². The Balaban J connectivity index is 1.94. The third kappa shape index (κ3) is 1.67. The van der Waals surface area contributed by atoms with Gasteiger partial charge in [0, 0.05) is 18.5 Å². The van der Waals surface area contributed by atoms with Crippen LogP contribution < -0.4 is 5.32 Å². The fourth-order valence-electron chi connectivity index (χ4n) is 1.69. The number of hydrogen-bond donors (Lipinski definition) is 1. The van der Waals surface area contributed by atoms with Gasteiger partial charge in [-0.2, -0.15) is 0 Å². The highest BCUT2D eigenvalue weighted by atomic mass is 16.5. The van der Waals surface area contributed by atoms with E-state index in [0.717, 1.165) is 24.4 Å². The van der Waals surface area contributed by atoms with Gasteiger partial charge in [0.25, 0.3) is 0 Å². The zero-order valence-corrected chi connectivity index (χ0v) is 7.34. The third-order valence-corrected chi connectivity index (χ3v) is 2.29. The number of aromatic nitrogens is 1. The molecule has 0 aromatic carbocycles. The van der Waals surface area contributed by atoms with Crippen molar-refractivity contribution in [2.75, 3.05) is 6.54 Å². The Hall–Kier alpha value is -0.830. The first-order valence-corrected chi connectivity index (χ1v) is 4.50. The zero-order chi connectivity index (χ0) is 8.39. The summed E-state index contributed by atoms with van der Waals surface area (Å²) in [6.45, 7) is 3.10. The molecule has 1 unspecified atom stereocenters. The molecule has 0 radical (unpaired) electrons. The van der Waals surface area contributed by atoms with Crippen LogP contribution in [0.25, 0.3) is 0 Å².